The minimum Gasteiger partial charge on any atom is -0.382 e. The van der Waals surface area contributed by atoms with Crippen LogP contribution in [0.3, 0.4) is 0 Å². The van der Waals surface area contributed by atoms with Crippen molar-refractivity contribution >= 4 is 29.0 Å². The van der Waals surface area contributed by atoms with Crippen molar-refractivity contribution in [2.24, 2.45) is 0 Å². The number of nitrogens with zero attached hydrogens (tertiary/aromatic N) is 1. The highest BCUT2D eigenvalue weighted by molar-refractivity contribution is 7.07. The van der Waals surface area contributed by atoms with Crippen LogP contribution in [0.5, 0.6) is 0 Å². The van der Waals surface area contributed by atoms with Gasteiger partial charge in [0.2, 0.25) is 0 Å². The minimum absolute atomic E-state index is 0.0480. The normalized spacial score (nSPS) is 12.0. The van der Waals surface area contributed by atoms with Gasteiger partial charge in [-0.05, 0) is 16.9 Å². The van der Waals surface area contributed by atoms with Gasteiger partial charge >= 0.3 is 0 Å². The summed E-state index contributed by atoms with van der Waals surface area (Å²) in [5.74, 6) is 0.446. The first-order valence-electron chi connectivity index (χ1n) is 3.34. The standard InChI is InChI=1S/C7H11ClN2S/c1-7(2,3)5-4(8)6(9)10-11-5/h1-3H3,(H2,9,10). The number of hydrogen-bond acceptors (Lipinski definition) is 3. The molecule has 1 heterocycles. The molecule has 0 spiro atoms. The van der Waals surface area contributed by atoms with Crippen molar-refractivity contribution in [3.05, 3.63) is 9.90 Å². The van der Waals surface area contributed by atoms with Crippen LogP contribution in [0.1, 0.15) is 25.6 Å². The molecule has 0 aromatic carbocycles. The molecule has 2 N–H and O–H groups in total. The third kappa shape index (κ3) is 1.65. The second-order valence-electron chi connectivity index (χ2n) is 3.46. The molecule has 0 unspecified atom stereocenters. The lowest BCUT2D eigenvalue weighted by Crippen LogP contribution is -2.09. The van der Waals surface area contributed by atoms with Crippen LogP contribution < -0.4 is 5.73 Å². The van der Waals surface area contributed by atoms with E-state index in [1.165, 1.54) is 11.5 Å². The molecular weight excluding hydrogens is 180 g/mol. The summed E-state index contributed by atoms with van der Waals surface area (Å²) in [4.78, 5) is 1.05. The van der Waals surface area contributed by atoms with Crippen LogP contribution >= 0.6 is 23.1 Å². The predicted molar refractivity (Wildman–Crippen MR) is 50.2 cm³/mol. The van der Waals surface area contributed by atoms with E-state index in [2.05, 4.69) is 25.1 Å². The second-order valence-corrected chi connectivity index (χ2v) is 4.61. The van der Waals surface area contributed by atoms with Gasteiger partial charge in [0, 0.05) is 0 Å². The first-order chi connectivity index (χ1) is 4.93. The fraction of sp³-hybridized carbons (Fsp3) is 0.571. The highest BCUT2D eigenvalue weighted by Gasteiger charge is 2.21. The Morgan fingerprint density at radius 3 is 2.18 bits per heavy atom. The maximum absolute atomic E-state index is 5.92. The molecule has 4 heteroatoms. The van der Waals surface area contributed by atoms with Crippen molar-refractivity contribution in [3.63, 3.8) is 0 Å². The lowest BCUT2D eigenvalue weighted by molar-refractivity contribution is 0.604. The summed E-state index contributed by atoms with van der Waals surface area (Å²) in [7, 11) is 0. The monoisotopic (exact) mass is 190 g/mol. The van der Waals surface area contributed by atoms with E-state index in [-0.39, 0.29) is 5.41 Å². The molecule has 1 rings (SSSR count). The third-order valence-corrected chi connectivity index (χ3v) is 3.12. The van der Waals surface area contributed by atoms with E-state index in [0.29, 0.717) is 10.8 Å². The zero-order chi connectivity index (χ0) is 8.65. The summed E-state index contributed by atoms with van der Waals surface area (Å²) in [6.45, 7) is 6.27. The molecule has 62 valence electrons. The van der Waals surface area contributed by atoms with Crippen molar-refractivity contribution in [3.8, 4) is 0 Å². The molecule has 0 bridgehead atoms. The quantitative estimate of drug-likeness (QED) is 0.683. The van der Waals surface area contributed by atoms with Gasteiger partial charge in [0.25, 0.3) is 0 Å². The molecule has 11 heavy (non-hydrogen) atoms. The highest BCUT2D eigenvalue weighted by Crippen LogP contribution is 2.36. The van der Waals surface area contributed by atoms with E-state index in [1.807, 2.05) is 0 Å². The van der Waals surface area contributed by atoms with Crippen LogP contribution in [0.15, 0.2) is 0 Å². The van der Waals surface area contributed by atoms with Gasteiger partial charge in [0.15, 0.2) is 5.82 Å². The molecule has 0 saturated heterocycles. The van der Waals surface area contributed by atoms with Crippen molar-refractivity contribution < 1.29 is 0 Å². The zero-order valence-electron chi connectivity index (χ0n) is 6.81. The van der Waals surface area contributed by atoms with Gasteiger partial charge in [0.05, 0.1) is 9.90 Å². The number of rotatable bonds is 0. The van der Waals surface area contributed by atoms with E-state index >= 15 is 0 Å². The van der Waals surface area contributed by atoms with Gasteiger partial charge in [-0.3, -0.25) is 0 Å². The molecule has 0 aliphatic heterocycles. The average Bonchev–Trinajstić information content (AvgIpc) is 2.11. The number of anilines is 1. The summed E-state index contributed by atoms with van der Waals surface area (Å²) < 4.78 is 3.97. The number of hydrogen-bond donors (Lipinski definition) is 1. The van der Waals surface area contributed by atoms with Crippen LogP contribution in [0.4, 0.5) is 5.82 Å². The van der Waals surface area contributed by atoms with Gasteiger partial charge in [0.1, 0.15) is 0 Å². The van der Waals surface area contributed by atoms with Crippen molar-refractivity contribution in [1.29, 1.82) is 0 Å². The van der Waals surface area contributed by atoms with E-state index in [9.17, 15) is 0 Å². The van der Waals surface area contributed by atoms with Crippen molar-refractivity contribution in [1.82, 2.24) is 4.37 Å². The first kappa shape index (κ1) is 8.81. The number of halogens is 1. The van der Waals surface area contributed by atoms with E-state index in [0.717, 1.165) is 4.88 Å². The van der Waals surface area contributed by atoms with Gasteiger partial charge in [-0.1, -0.05) is 32.4 Å². The Labute approximate surface area is 75.5 Å². The van der Waals surface area contributed by atoms with Crippen molar-refractivity contribution in [2.75, 3.05) is 5.73 Å². The molecule has 0 aliphatic rings. The third-order valence-electron chi connectivity index (χ3n) is 1.34. The smallest absolute Gasteiger partial charge is 0.156 e. The minimum atomic E-state index is 0.0480. The molecule has 0 amide bonds. The SMILES string of the molecule is CC(C)(C)c1snc(N)c1Cl. The average molecular weight is 191 g/mol. The molecular formula is C7H11ClN2S. The largest absolute Gasteiger partial charge is 0.382 e. The summed E-state index contributed by atoms with van der Waals surface area (Å²) in [6, 6.07) is 0. The lowest BCUT2D eigenvalue weighted by Gasteiger charge is -2.15. The van der Waals surface area contributed by atoms with E-state index < -0.39 is 0 Å². The summed E-state index contributed by atoms with van der Waals surface area (Å²) in [5.41, 5.74) is 5.55. The Morgan fingerprint density at radius 2 is 2.00 bits per heavy atom. The highest BCUT2D eigenvalue weighted by atomic mass is 35.5. The Bertz CT molecular complexity index is 262. The topological polar surface area (TPSA) is 38.9 Å². The fourth-order valence-corrected chi connectivity index (χ4v) is 1.98. The fourth-order valence-electron chi connectivity index (χ4n) is 0.757. The Balaban J connectivity index is 3.15. The Hall–Kier alpha value is -0.280. The maximum atomic E-state index is 5.92. The number of nitrogen functional groups attached to an aromatic ring is 1. The predicted octanol–water partition coefficient (Wildman–Crippen LogP) is 2.68. The van der Waals surface area contributed by atoms with Gasteiger partial charge in [-0.2, -0.15) is 4.37 Å². The van der Waals surface area contributed by atoms with E-state index in [1.54, 1.807) is 0 Å². The summed E-state index contributed by atoms with van der Waals surface area (Å²) in [5, 5.41) is 0.613. The zero-order valence-corrected chi connectivity index (χ0v) is 8.38. The van der Waals surface area contributed by atoms with Crippen LogP contribution in [0.2, 0.25) is 5.02 Å². The second kappa shape index (κ2) is 2.64. The molecule has 2 nitrogen and oxygen atoms in total. The van der Waals surface area contributed by atoms with Gasteiger partial charge in [-0.15, -0.1) is 0 Å². The molecule has 0 aliphatic carbocycles. The van der Waals surface area contributed by atoms with Crippen molar-refractivity contribution in [2.45, 2.75) is 26.2 Å². The molecule has 1 aromatic rings. The summed E-state index contributed by atoms with van der Waals surface area (Å²) >= 11 is 7.29. The molecule has 0 radical (unpaired) electrons. The maximum Gasteiger partial charge on any atom is 0.156 e. The molecule has 1 aromatic heterocycles. The first-order valence-corrected chi connectivity index (χ1v) is 4.49. The van der Waals surface area contributed by atoms with E-state index in [4.69, 9.17) is 17.3 Å². The molecule has 0 fully saturated rings. The van der Waals surface area contributed by atoms with Crippen LogP contribution in [-0.4, -0.2) is 4.37 Å². The Kier molecular flexibility index (Phi) is 2.12. The lowest BCUT2D eigenvalue weighted by atomic mass is 9.95. The Morgan fingerprint density at radius 1 is 1.45 bits per heavy atom. The summed E-state index contributed by atoms with van der Waals surface area (Å²) in [6.07, 6.45) is 0. The number of aromatic nitrogens is 1. The molecule has 0 saturated carbocycles. The van der Waals surface area contributed by atoms with Crippen LogP contribution in [0, 0.1) is 0 Å². The molecule has 0 atom stereocenters. The van der Waals surface area contributed by atoms with Gasteiger partial charge in [-0.25, -0.2) is 0 Å². The van der Waals surface area contributed by atoms with Crippen LogP contribution in [-0.2, 0) is 5.41 Å². The number of nitrogens with two attached hydrogens (primary N) is 1. The van der Waals surface area contributed by atoms with Crippen LogP contribution in [0.25, 0.3) is 0 Å². The van der Waals surface area contributed by atoms with Gasteiger partial charge < -0.3 is 5.73 Å².